The molecular weight excluding hydrogens is 330 g/mol. The van der Waals surface area contributed by atoms with Gasteiger partial charge in [0.25, 0.3) is 11.6 Å². The fraction of sp³-hybridized carbons (Fsp3) is 0.350. The number of para-hydroxylation sites is 1. The molecule has 1 fully saturated rings. The smallest absolute Gasteiger partial charge is 0.273 e. The van der Waals surface area contributed by atoms with Crippen LogP contribution in [0.2, 0.25) is 0 Å². The van der Waals surface area contributed by atoms with Gasteiger partial charge in [0.2, 0.25) is 0 Å². The second-order valence-corrected chi connectivity index (χ2v) is 6.50. The molecule has 0 N–H and O–H groups in total. The monoisotopic (exact) mass is 353 g/mol. The van der Waals surface area contributed by atoms with Crippen molar-refractivity contribution in [3.05, 3.63) is 75.3 Å². The van der Waals surface area contributed by atoms with E-state index in [9.17, 15) is 14.9 Å². The molecule has 0 radical (unpaired) electrons. The summed E-state index contributed by atoms with van der Waals surface area (Å²) in [6, 6.07) is 14.6. The van der Waals surface area contributed by atoms with Crippen LogP contribution in [0.3, 0.4) is 0 Å². The fourth-order valence-corrected chi connectivity index (χ4v) is 3.24. The summed E-state index contributed by atoms with van der Waals surface area (Å²) < 4.78 is 0. The molecule has 2 aromatic rings. The number of amides is 1. The van der Waals surface area contributed by atoms with Crippen molar-refractivity contribution in [3.8, 4) is 0 Å². The van der Waals surface area contributed by atoms with Crippen LogP contribution in [0, 0.1) is 10.1 Å². The number of aryl methyl sites for hydroxylation is 1. The molecule has 0 aliphatic carbocycles. The van der Waals surface area contributed by atoms with E-state index in [1.165, 1.54) is 11.6 Å². The molecule has 1 amide bonds. The van der Waals surface area contributed by atoms with Crippen molar-refractivity contribution < 1.29 is 9.72 Å². The van der Waals surface area contributed by atoms with Crippen LogP contribution in [-0.4, -0.2) is 46.8 Å². The van der Waals surface area contributed by atoms with Crippen LogP contribution in [0.4, 0.5) is 5.69 Å². The number of rotatable bonds is 5. The summed E-state index contributed by atoms with van der Waals surface area (Å²) >= 11 is 0. The van der Waals surface area contributed by atoms with Crippen LogP contribution in [0.5, 0.6) is 0 Å². The second-order valence-electron chi connectivity index (χ2n) is 6.50. The lowest BCUT2D eigenvalue weighted by Crippen LogP contribution is -2.48. The number of hydrogen-bond donors (Lipinski definition) is 0. The van der Waals surface area contributed by atoms with Crippen LogP contribution < -0.4 is 0 Å². The normalized spacial score (nSPS) is 15.0. The molecule has 6 heteroatoms. The number of benzene rings is 2. The molecule has 1 aliphatic rings. The van der Waals surface area contributed by atoms with E-state index in [2.05, 4.69) is 11.8 Å². The zero-order valence-electron chi connectivity index (χ0n) is 14.9. The number of carbonyl (C=O) groups is 1. The summed E-state index contributed by atoms with van der Waals surface area (Å²) in [6.07, 6.45) is 0.957. The van der Waals surface area contributed by atoms with Crippen molar-refractivity contribution in [2.24, 2.45) is 0 Å². The Morgan fingerprint density at radius 3 is 2.31 bits per heavy atom. The molecular formula is C20H23N3O3. The Hall–Kier alpha value is -2.73. The van der Waals surface area contributed by atoms with Crippen LogP contribution in [0.1, 0.15) is 28.4 Å². The van der Waals surface area contributed by atoms with Crippen molar-refractivity contribution in [1.29, 1.82) is 0 Å². The fourth-order valence-electron chi connectivity index (χ4n) is 3.24. The van der Waals surface area contributed by atoms with Gasteiger partial charge >= 0.3 is 0 Å². The highest BCUT2D eigenvalue weighted by atomic mass is 16.6. The van der Waals surface area contributed by atoms with E-state index in [-0.39, 0.29) is 16.5 Å². The molecule has 0 spiro atoms. The second kappa shape index (κ2) is 8.10. The lowest BCUT2D eigenvalue weighted by molar-refractivity contribution is -0.385. The van der Waals surface area contributed by atoms with Crippen LogP contribution in [0.15, 0.2) is 48.5 Å². The summed E-state index contributed by atoms with van der Waals surface area (Å²) in [7, 11) is 0. The van der Waals surface area contributed by atoms with Gasteiger partial charge in [-0.3, -0.25) is 19.8 Å². The van der Waals surface area contributed by atoms with Gasteiger partial charge in [-0.05, 0) is 24.1 Å². The quantitative estimate of drug-likeness (QED) is 0.612. The summed E-state index contributed by atoms with van der Waals surface area (Å²) in [5, 5.41) is 11.1. The molecule has 136 valence electrons. The Bertz CT molecular complexity index is 781. The zero-order valence-corrected chi connectivity index (χ0v) is 14.9. The number of hydrogen-bond acceptors (Lipinski definition) is 4. The van der Waals surface area contributed by atoms with Gasteiger partial charge in [-0.2, -0.15) is 0 Å². The first-order valence-electron chi connectivity index (χ1n) is 8.91. The summed E-state index contributed by atoms with van der Waals surface area (Å²) in [5.41, 5.74) is 2.81. The Labute approximate surface area is 153 Å². The van der Waals surface area contributed by atoms with Crippen LogP contribution in [-0.2, 0) is 13.0 Å². The summed E-state index contributed by atoms with van der Waals surface area (Å²) in [5.74, 6) is 0.0537. The molecule has 0 aromatic heterocycles. The predicted octanol–water partition coefficient (Wildman–Crippen LogP) is 3.12. The summed E-state index contributed by atoms with van der Waals surface area (Å²) in [6.45, 7) is 5.32. The third-order valence-corrected chi connectivity index (χ3v) is 4.85. The van der Waals surface area contributed by atoms with Crippen molar-refractivity contribution in [1.82, 2.24) is 9.80 Å². The number of carbonyl (C=O) groups excluding carboxylic acids is 1. The molecule has 3 rings (SSSR count). The van der Waals surface area contributed by atoms with Crippen molar-refractivity contribution in [2.45, 2.75) is 19.9 Å². The molecule has 0 atom stereocenters. The Kier molecular flexibility index (Phi) is 5.63. The maximum atomic E-state index is 12.6. The summed E-state index contributed by atoms with van der Waals surface area (Å²) in [4.78, 5) is 27.4. The third kappa shape index (κ3) is 4.08. The number of nitrogens with zero attached hydrogens (tertiary/aromatic N) is 3. The van der Waals surface area contributed by atoms with E-state index in [0.29, 0.717) is 43.9 Å². The Morgan fingerprint density at radius 1 is 1.04 bits per heavy atom. The van der Waals surface area contributed by atoms with Gasteiger partial charge in [0, 0.05) is 49.9 Å². The van der Waals surface area contributed by atoms with Crippen molar-refractivity contribution in [2.75, 3.05) is 26.2 Å². The highest BCUT2D eigenvalue weighted by molar-refractivity contribution is 5.94. The predicted molar refractivity (Wildman–Crippen MR) is 100 cm³/mol. The largest absolute Gasteiger partial charge is 0.336 e. The molecule has 1 heterocycles. The van der Waals surface area contributed by atoms with Crippen molar-refractivity contribution in [3.63, 3.8) is 0 Å². The third-order valence-electron chi connectivity index (χ3n) is 4.85. The molecule has 26 heavy (non-hydrogen) atoms. The number of piperazine rings is 1. The average Bonchev–Trinajstić information content (AvgIpc) is 2.68. The van der Waals surface area contributed by atoms with Gasteiger partial charge in [0.1, 0.15) is 0 Å². The van der Waals surface area contributed by atoms with Crippen molar-refractivity contribution >= 4 is 11.6 Å². The highest BCUT2D eigenvalue weighted by Gasteiger charge is 2.23. The average molecular weight is 353 g/mol. The lowest BCUT2D eigenvalue weighted by Gasteiger charge is -2.34. The molecule has 0 saturated carbocycles. The Balaban J connectivity index is 1.59. The number of nitro groups is 1. The van der Waals surface area contributed by atoms with Crippen LogP contribution in [0.25, 0.3) is 0 Å². The molecule has 1 saturated heterocycles. The minimum atomic E-state index is -0.338. The standard InChI is InChI=1S/C20H23N3O3/c1-2-16-7-9-17(10-8-16)20(24)22-13-11-21(12-14-22)15-18-5-3-4-6-19(18)23(25)26/h3-10H,2,11-15H2,1H3. The molecule has 6 nitrogen and oxygen atoms in total. The van der Waals surface area contributed by atoms with E-state index in [1.807, 2.05) is 35.2 Å². The topological polar surface area (TPSA) is 66.7 Å². The lowest BCUT2D eigenvalue weighted by atomic mass is 10.1. The van der Waals surface area contributed by atoms with Gasteiger partial charge in [0.15, 0.2) is 0 Å². The maximum absolute atomic E-state index is 12.6. The van der Waals surface area contributed by atoms with E-state index in [0.717, 1.165) is 6.42 Å². The molecule has 0 bridgehead atoms. The minimum Gasteiger partial charge on any atom is -0.336 e. The minimum absolute atomic E-state index is 0.0537. The van der Waals surface area contributed by atoms with Gasteiger partial charge in [-0.1, -0.05) is 37.3 Å². The van der Waals surface area contributed by atoms with E-state index >= 15 is 0 Å². The highest BCUT2D eigenvalue weighted by Crippen LogP contribution is 2.20. The van der Waals surface area contributed by atoms with Gasteiger partial charge in [-0.25, -0.2) is 0 Å². The van der Waals surface area contributed by atoms with Gasteiger partial charge in [-0.15, -0.1) is 0 Å². The van der Waals surface area contributed by atoms with Gasteiger partial charge in [0.05, 0.1) is 4.92 Å². The van der Waals surface area contributed by atoms with E-state index in [4.69, 9.17) is 0 Å². The first-order chi connectivity index (χ1) is 12.6. The van der Waals surface area contributed by atoms with Crippen LogP contribution >= 0.6 is 0 Å². The first kappa shape index (κ1) is 18.1. The van der Waals surface area contributed by atoms with E-state index in [1.54, 1.807) is 12.1 Å². The maximum Gasteiger partial charge on any atom is 0.273 e. The van der Waals surface area contributed by atoms with E-state index < -0.39 is 0 Å². The molecule has 0 unspecified atom stereocenters. The Morgan fingerprint density at radius 2 is 1.69 bits per heavy atom. The van der Waals surface area contributed by atoms with Gasteiger partial charge < -0.3 is 4.90 Å². The molecule has 1 aliphatic heterocycles. The number of nitro benzene ring substituents is 1. The first-order valence-corrected chi connectivity index (χ1v) is 8.91. The zero-order chi connectivity index (χ0) is 18.5. The SMILES string of the molecule is CCc1ccc(C(=O)N2CCN(Cc3ccccc3[N+](=O)[O-])CC2)cc1. The molecule has 2 aromatic carbocycles.